The van der Waals surface area contributed by atoms with E-state index in [0.29, 0.717) is 52.3 Å². The number of rotatable bonds is 6. The fraction of sp³-hybridized carbons (Fsp3) is 0.475. The van der Waals surface area contributed by atoms with Crippen LogP contribution in [0.3, 0.4) is 0 Å². The molecule has 7 aliphatic rings. The molecule has 2 saturated heterocycles. The summed E-state index contributed by atoms with van der Waals surface area (Å²) in [6, 6.07) is 2.19. The van der Waals surface area contributed by atoms with E-state index in [0.717, 1.165) is 11.1 Å². The lowest BCUT2D eigenvalue weighted by Crippen LogP contribution is -2.64. The highest BCUT2D eigenvalue weighted by atomic mass is 35.5. The molecule has 16 nitrogen and oxygen atoms in total. The Labute approximate surface area is 342 Å². The predicted octanol–water partition coefficient (Wildman–Crippen LogP) is 3.96. The number of nitrogens with one attached hydrogen (secondary N) is 1. The minimum Gasteiger partial charge on any atom is -0.648 e. The standard InChI is InChI=1S/C40H42ClN4O12S/c1-16-33(56-17(2)46)29-28(36-34(16)54-15-55-36)23-13-53-39(50)40(20-12-24(51-3)25(57-26(47)5-7-41)11-18(20)6-8-43-40)14-58-37(29)31-30-27-19(9-21(42)35(52-4)32(27)48)10-22(44-30)38(49)45(23)31/h9,11-12,22-23,30-31,37-38,43,48-49H,5-8,10,13-15,42H2,1-4H3/q-1/t22-,23-,30+,31?,37+,38-,40+/m0/s1. The number of aliphatic hydroxyl groups excluding tert-OH is 1. The Bertz CT molecular complexity index is 2260. The second-order valence-electron chi connectivity index (χ2n) is 15.1. The van der Waals surface area contributed by atoms with Crippen molar-refractivity contribution in [2.24, 2.45) is 0 Å². The summed E-state index contributed by atoms with van der Waals surface area (Å²) in [6.07, 6.45) is -0.408. The number of ether oxygens (including phenoxy) is 7. The number of carbonyl (C=O) groups is 3. The van der Waals surface area contributed by atoms with Gasteiger partial charge < -0.3 is 54.4 Å². The molecule has 0 aromatic heterocycles. The van der Waals surface area contributed by atoms with Crippen LogP contribution < -0.4 is 39.5 Å². The van der Waals surface area contributed by atoms with Gasteiger partial charge in [0.25, 0.3) is 0 Å². The molecule has 4 bridgehead atoms. The van der Waals surface area contributed by atoms with Gasteiger partial charge in [0, 0.05) is 53.1 Å². The zero-order valence-corrected chi connectivity index (χ0v) is 33.7. The number of thioether (sulfide) groups is 1. The predicted molar refractivity (Wildman–Crippen MR) is 209 cm³/mol. The highest BCUT2D eigenvalue weighted by molar-refractivity contribution is 7.99. The minimum absolute atomic E-state index is 0.00121. The van der Waals surface area contributed by atoms with Crippen molar-refractivity contribution in [3.05, 3.63) is 62.5 Å². The molecule has 0 radical (unpaired) electrons. The first-order valence-corrected chi connectivity index (χ1v) is 20.5. The van der Waals surface area contributed by atoms with Gasteiger partial charge in [0.15, 0.2) is 40.0 Å². The van der Waals surface area contributed by atoms with Gasteiger partial charge in [-0.3, -0.25) is 19.8 Å². The Kier molecular flexibility index (Phi) is 9.76. The zero-order chi connectivity index (χ0) is 40.8. The number of aliphatic hydroxyl groups is 1. The number of halogens is 1. The Hall–Kier alpha value is -4.65. The third-order valence-corrected chi connectivity index (χ3v) is 13.7. The minimum atomic E-state index is -1.45. The van der Waals surface area contributed by atoms with Gasteiger partial charge in [0.2, 0.25) is 6.79 Å². The molecule has 18 heteroatoms. The van der Waals surface area contributed by atoms with E-state index in [4.69, 9.17) is 55.8 Å². The number of nitrogen functional groups attached to an aromatic ring is 1. The van der Waals surface area contributed by atoms with Crippen molar-refractivity contribution in [1.29, 1.82) is 0 Å². The van der Waals surface area contributed by atoms with Crippen LogP contribution in [-0.2, 0) is 37.5 Å². The van der Waals surface area contributed by atoms with Gasteiger partial charge in [0.1, 0.15) is 12.4 Å². The number of benzene rings is 3. The van der Waals surface area contributed by atoms with Gasteiger partial charge >= 0.3 is 17.9 Å². The summed E-state index contributed by atoms with van der Waals surface area (Å²) in [5, 5.41) is 32.2. The third kappa shape index (κ3) is 5.76. The number of hydrogen-bond acceptors (Lipinski definition) is 16. The van der Waals surface area contributed by atoms with E-state index in [1.54, 1.807) is 25.1 Å². The highest BCUT2D eigenvalue weighted by Gasteiger charge is 2.57. The monoisotopic (exact) mass is 837 g/mol. The van der Waals surface area contributed by atoms with Crippen molar-refractivity contribution >= 4 is 47.0 Å². The number of hydrogen-bond donors (Lipinski definition) is 4. The first-order valence-electron chi connectivity index (χ1n) is 18.9. The molecule has 5 N–H and O–H groups in total. The van der Waals surface area contributed by atoms with E-state index in [-0.39, 0.29) is 72.3 Å². The molecule has 308 valence electrons. The van der Waals surface area contributed by atoms with Crippen molar-refractivity contribution in [2.75, 3.05) is 51.5 Å². The summed E-state index contributed by atoms with van der Waals surface area (Å²) in [4.78, 5) is 42.2. The van der Waals surface area contributed by atoms with E-state index in [1.165, 1.54) is 32.9 Å². The lowest BCUT2D eigenvalue weighted by atomic mass is 9.74. The molecular weight excluding hydrogens is 796 g/mol. The molecule has 7 heterocycles. The van der Waals surface area contributed by atoms with Crippen molar-refractivity contribution in [3.63, 3.8) is 0 Å². The molecule has 10 rings (SSSR count). The van der Waals surface area contributed by atoms with Gasteiger partial charge in [-0.2, -0.15) is 0 Å². The van der Waals surface area contributed by atoms with Gasteiger partial charge in [-0.1, -0.05) is 12.1 Å². The van der Waals surface area contributed by atoms with Gasteiger partial charge in [-0.15, -0.1) is 23.4 Å². The summed E-state index contributed by atoms with van der Waals surface area (Å²) in [6.45, 7) is 3.13. The van der Waals surface area contributed by atoms with Gasteiger partial charge in [-0.05, 0) is 60.2 Å². The number of alkyl halides is 1. The molecule has 3 aromatic rings. The summed E-state index contributed by atoms with van der Waals surface area (Å²) >= 11 is 7.19. The normalized spacial score (nSPS) is 27.7. The second-order valence-corrected chi connectivity index (χ2v) is 16.6. The second kappa shape index (κ2) is 14.6. The fourth-order valence-electron chi connectivity index (χ4n) is 9.64. The Morgan fingerprint density at radius 1 is 1.07 bits per heavy atom. The maximum absolute atomic E-state index is 14.8. The molecule has 0 aliphatic carbocycles. The Morgan fingerprint density at radius 3 is 2.60 bits per heavy atom. The average molecular weight is 838 g/mol. The molecule has 7 atom stereocenters. The number of piperazine rings is 1. The van der Waals surface area contributed by atoms with Crippen LogP contribution in [0.2, 0.25) is 0 Å². The summed E-state index contributed by atoms with van der Waals surface area (Å²) < 4.78 is 41.5. The van der Waals surface area contributed by atoms with Crippen LogP contribution in [0.5, 0.6) is 40.2 Å². The summed E-state index contributed by atoms with van der Waals surface area (Å²) in [5.41, 5.74) is 9.42. The van der Waals surface area contributed by atoms with Crippen LogP contribution in [-0.4, -0.2) is 97.1 Å². The van der Waals surface area contributed by atoms with E-state index in [2.05, 4.69) is 5.32 Å². The average Bonchev–Trinajstić information content (AvgIpc) is 3.69. The lowest BCUT2D eigenvalue weighted by Gasteiger charge is -2.65. The first kappa shape index (κ1) is 38.8. The smallest absolute Gasteiger partial charge is 0.331 e. The van der Waals surface area contributed by atoms with Crippen LogP contribution in [0.15, 0.2) is 18.2 Å². The number of anilines is 1. The van der Waals surface area contributed by atoms with Crippen molar-refractivity contribution in [3.8, 4) is 40.2 Å². The van der Waals surface area contributed by atoms with Crippen molar-refractivity contribution in [2.45, 2.75) is 74.3 Å². The molecule has 7 aliphatic heterocycles. The van der Waals surface area contributed by atoms with Crippen molar-refractivity contribution < 1.29 is 57.8 Å². The number of nitrogens with zero attached hydrogens (tertiary/aromatic N) is 2. The molecule has 2 fully saturated rings. The van der Waals surface area contributed by atoms with Crippen LogP contribution in [0.1, 0.15) is 69.6 Å². The molecular formula is C40H42ClN4O12S-. The Morgan fingerprint density at radius 2 is 1.86 bits per heavy atom. The van der Waals surface area contributed by atoms with Crippen LogP contribution in [0, 0.1) is 6.92 Å². The quantitative estimate of drug-likeness (QED) is 0.120. The zero-order valence-electron chi connectivity index (χ0n) is 32.1. The Balaban J connectivity index is 1.26. The molecule has 3 aromatic carbocycles. The number of phenols is 1. The van der Waals surface area contributed by atoms with Gasteiger partial charge in [0.05, 0.1) is 38.6 Å². The number of aromatic hydroxyl groups is 1. The summed E-state index contributed by atoms with van der Waals surface area (Å²) in [5.74, 6) is -0.0394. The van der Waals surface area contributed by atoms with E-state index in [9.17, 15) is 24.6 Å². The van der Waals surface area contributed by atoms with Crippen LogP contribution in [0.4, 0.5) is 5.69 Å². The molecule has 0 saturated carbocycles. The number of fused-ring (bicyclic) bond motifs is 9. The SMILES string of the molecule is COc1cc2c(cc1OC(=O)CCCl)CCN[C@]21CS[C@@H]2c3c(OC(C)=O)c(C)c4c(c3[C@H](COC1=O)N1C2[C@@H]2[N-][C@@H](Cc3cc(N)c(OC)c(O)c32)[C@@H]1O)OCO4. The first-order chi connectivity index (χ1) is 27.9. The third-order valence-electron chi connectivity index (χ3n) is 12.0. The van der Waals surface area contributed by atoms with Gasteiger partial charge in [-0.25, -0.2) is 4.79 Å². The number of nitrogens with two attached hydrogens (primary N) is 1. The largest absolute Gasteiger partial charge is 0.648 e. The highest BCUT2D eigenvalue weighted by Crippen LogP contribution is 2.65. The fourth-order valence-corrected chi connectivity index (χ4v) is 11.5. The molecule has 1 unspecified atom stereocenters. The van der Waals surface area contributed by atoms with E-state index < -0.39 is 59.1 Å². The molecule has 58 heavy (non-hydrogen) atoms. The van der Waals surface area contributed by atoms with Crippen LogP contribution in [0.25, 0.3) is 5.32 Å². The van der Waals surface area contributed by atoms with E-state index >= 15 is 0 Å². The molecule has 1 spiro atoms. The van der Waals surface area contributed by atoms with Crippen LogP contribution >= 0.6 is 23.4 Å². The number of phenolic OH excluding ortho intramolecular Hbond substituents is 1. The van der Waals surface area contributed by atoms with Crippen molar-refractivity contribution in [1.82, 2.24) is 10.2 Å². The van der Waals surface area contributed by atoms with E-state index in [1.807, 2.05) is 4.90 Å². The number of carbonyl (C=O) groups excluding carboxylic acids is 3. The maximum Gasteiger partial charge on any atom is 0.331 e. The topological polar surface area (TPSA) is 212 Å². The molecule has 0 amide bonds. The maximum atomic E-state index is 14.8. The number of esters is 3. The lowest BCUT2D eigenvalue weighted by molar-refractivity contribution is -0.160. The number of methoxy groups -OCH3 is 2. The summed E-state index contributed by atoms with van der Waals surface area (Å²) in [7, 11) is 2.87.